The third-order valence-corrected chi connectivity index (χ3v) is 3.35. The largest absolute Gasteiger partial charge is 0.327 e. The normalized spacial score (nSPS) is 18.8. The third kappa shape index (κ3) is 1.79. The van der Waals surface area contributed by atoms with Gasteiger partial charge in [-0.2, -0.15) is 0 Å². The maximum atomic E-state index is 11.5. The van der Waals surface area contributed by atoms with Crippen LogP contribution in [0.15, 0.2) is 17.1 Å². The molecule has 0 unspecified atom stereocenters. The molecule has 1 saturated heterocycles. The number of nitrogens with two attached hydrogens (primary N) is 1. The summed E-state index contributed by atoms with van der Waals surface area (Å²) in [6.45, 7) is 1.99. The van der Waals surface area contributed by atoms with E-state index < -0.39 is 0 Å². The number of aryl methyl sites for hydroxylation is 1. The fraction of sp³-hybridized carbons (Fsp3) is 0.111. The van der Waals surface area contributed by atoms with Crippen LogP contribution in [0.1, 0.15) is 10.4 Å². The molecule has 0 radical (unpaired) electrons. The van der Waals surface area contributed by atoms with Gasteiger partial charge in [0, 0.05) is 4.88 Å². The van der Waals surface area contributed by atoms with Gasteiger partial charge in [-0.15, -0.1) is 11.3 Å². The second-order valence-corrected chi connectivity index (χ2v) is 4.47. The van der Waals surface area contributed by atoms with Crippen LogP contribution in [0.2, 0.25) is 0 Å². The Morgan fingerprint density at radius 3 is 2.87 bits per heavy atom. The average Bonchev–Trinajstić information content (AvgIpc) is 2.69. The van der Waals surface area contributed by atoms with Gasteiger partial charge in [0.15, 0.2) is 5.11 Å². The van der Waals surface area contributed by atoms with Gasteiger partial charge in [0.25, 0.3) is 5.91 Å². The summed E-state index contributed by atoms with van der Waals surface area (Å²) in [5.41, 5.74) is 1.55. The number of hydrogen-bond donors (Lipinski definition) is 2. The first kappa shape index (κ1) is 10.3. The molecule has 2 heterocycles. The summed E-state index contributed by atoms with van der Waals surface area (Å²) in [4.78, 5) is 12.6. The predicted molar refractivity (Wildman–Crippen MR) is 63.8 cm³/mol. The van der Waals surface area contributed by atoms with Gasteiger partial charge >= 0.3 is 0 Å². The summed E-state index contributed by atoms with van der Waals surface area (Å²) in [6.07, 6.45) is 1.77. The maximum absolute atomic E-state index is 11.5. The van der Waals surface area contributed by atoms with Crippen molar-refractivity contribution in [3.63, 3.8) is 0 Å². The van der Waals surface area contributed by atoms with Crippen LogP contribution in [0.4, 0.5) is 0 Å². The number of thiophene rings is 1. The van der Waals surface area contributed by atoms with Gasteiger partial charge < -0.3 is 5.32 Å². The van der Waals surface area contributed by atoms with Crippen molar-refractivity contribution in [1.82, 2.24) is 10.3 Å². The van der Waals surface area contributed by atoms with Crippen molar-refractivity contribution >= 4 is 40.7 Å². The Hall–Kier alpha value is -1.24. The van der Waals surface area contributed by atoms with Crippen molar-refractivity contribution < 1.29 is 4.79 Å². The van der Waals surface area contributed by atoms with Crippen molar-refractivity contribution in [3.05, 3.63) is 27.6 Å². The van der Waals surface area contributed by atoms with Crippen LogP contribution in [-0.2, 0) is 4.79 Å². The predicted octanol–water partition coefficient (Wildman–Crippen LogP) is 0.988. The molecule has 1 amide bonds. The van der Waals surface area contributed by atoms with Crippen molar-refractivity contribution in [2.75, 3.05) is 0 Å². The van der Waals surface area contributed by atoms with Crippen molar-refractivity contribution in [2.24, 2.45) is 5.84 Å². The number of nitrogens with one attached hydrogen (secondary N) is 1. The Labute approximate surface area is 96.3 Å². The molecule has 0 aromatic carbocycles. The molecule has 0 saturated carbocycles. The lowest BCUT2D eigenvalue weighted by Gasteiger charge is -2.02. The van der Waals surface area contributed by atoms with E-state index in [9.17, 15) is 4.79 Å². The van der Waals surface area contributed by atoms with Crippen molar-refractivity contribution in [2.45, 2.75) is 6.92 Å². The van der Waals surface area contributed by atoms with E-state index in [-0.39, 0.29) is 11.0 Å². The summed E-state index contributed by atoms with van der Waals surface area (Å²) in [5.74, 6) is 5.12. The molecule has 2 rings (SSSR count). The Kier molecular flexibility index (Phi) is 2.56. The lowest BCUT2D eigenvalue weighted by Crippen LogP contribution is -2.36. The van der Waals surface area contributed by atoms with E-state index in [1.54, 1.807) is 17.4 Å². The van der Waals surface area contributed by atoms with Crippen LogP contribution in [0.3, 0.4) is 0 Å². The molecular formula is C9H9N3OS2. The summed E-state index contributed by atoms with van der Waals surface area (Å²) in [6, 6.07) is 2.00. The van der Waals surface area contributed by atoms with E-state index >= 15 is 0 Å². The Morgan fingerprint density at radius 2 is 2.40 bits per heavy atom. The van der Waals surface area contributed by atoms with Gasteiger partial charge in [-0.25, -0.2) is 10.9 Å². The molecule has 1 aliphatic heterocycles. The number of amides is 1. The number of rotatable bonds is 1. The summed E-state index contributed by atoms with van der Waals surface area (Å²) >= 11 is 6.43. The average molecular weight is 239 g/mol. The second kappa shape index (κ2) is 3.73. The van der Waals surface area contributed by atoms with E-state index in [1.807, 2.05) is 18.4 Å². The highest BCUT2D eigenvalue weighted by Gasteiger charge is 2.28. The zero-order chi connectivity index (χ0) is 11.0. The first-order chi connectivity index (χ1) is 7.09. The topological polar surface area (TPSA) is 58.4 Å². The second-order valence-electron chi connectivity index (χ2n) is 3.13. The molecule has 0 spiro atoms. The number of nitrogens with zero attached hydrogens (tertiary/aromatic N) is 1. The van der Waals surface area contributed by atoms with Crippen LogP contribution in [0, 0.1) is 6.92 Å². The van der Waals surface area contributed by atoms with E-state index in [2.05, 4.69) is 5.32 Å². The maximum Gasteiger partial charge on any atom is 0.290 e. The summed E-state index contributed by atoms with van der Waals surface area (Å²) in [7, 11) is 0. The molecule has 3 N–H and O–H groups in total. The third-order valence-electron chi connectivity index (χ3n) is 2.09. The monoisotopic (exact) mass is 239 g/mol. The highest BCUT2D eigenvalue weighted by atomic mass is 32.1. The number of hydrazine groups is 1. The van der Waals surface area contributed by atoms with Crippen LogP contribution < -0.4 is 11.2 Å². The van der Waals surface area contributed by atoms with E-state index in [0.717, 1.165) is 15.4 Å². The molecule has 0 atom stereocenters. The Morgan fingerprint density at radius 1 is 1.67 bits per heavy atom. The minimum Gasteiger partial charge on any atom is -0.327 e. The molecule has 1 aliphatic rings. The molecule has 0 aliphatic carbocycles. The molecule has 1 fully saturated rings. The van der Waals surface area contributed by atoms with Crippen LogP contribution in [0.5, 0.6) is 0 Å². The Bertz CT molecular complexity index is 464. The zero-order valence-corrected chi connectivity index (χ0v) is 9.61. The lowest BCUT2D eigenvalue weighted by molar-refractivity contribution is -0.122. The molecule has 15 heavy (non-hydrogen) atoms. The smallest absolute Gasteiger partial charge is 0.290 e. The molecule has 6 heteroatoms. The zero-order valence-electron chi connectivity index (χ0n) is 7.98. The fourth-order valence-corrected chi connectivity index (χ4v) is 2.26. The molecule has 78 valence electrons. The molecule has 1 aromatic heterocycles. The summed E-state index contributed by atoms with van der Waals surface area (Å²) < 4.78 is 0. The highest BCUT2D eigenvalue weighted by molar-refractivity contribution is 7.80. The van der Waals surface area contributed by atoms with Gasteiger partial charge in [-0.05, 0) is 42.2 Å². The quantitative estimate of drug-likeness (QED) is 0.332. The minimum atomic E-state index is -0.298. The lowest BCUT2D eigenvalue weighted by atomic mass is 10.2. The SMILES string of the molecule is Cc1ccsc1C=C1NC(=S)N(N)C1=O. The summed E-state index contributed by atoms with van der Waals surface area (Å²) in [5, 5.41) is 5.91. The van der Waals surface area contributed by atoms with Gasteiger partial charge in [0.1, 0.15) is 5.70 Å². The van der Waals surface area contributed by atoms with E-state index in [0.29, 0.717) is 5.70 Å². The van der Waals surface area contributed by atoms with Crippen molar-refractivity contribution in [3.8, 4) is 0 Å². The molecular weight excluding hydrogens is 230 g/mol. The van der Waals surface area contributed by atoms with Gasteiger partial charge in [0.2, 0.25) is 0 Å². The highest BCUT2D eigenvalue weighted by Crippen LogP contribution is 2.20. The number of hydrogen-bond acceptors (Lipinski definition) is 4. The van der Waals surface area contributed by atoms with Crippen LogP contribution in [0.25, 0.3) is 6.08 Å². The molecule has 0 bridgehead atoms. The van der Waals surface area contributed by atoms with Gasteiger partial charge in [-0.1, -0.05) is 0 Å². The van der Waals surface area contributed by atoms with E-state index in [1.165, 1.54) is 0 Å². The number of thiocarbonyl (C=S) groups is 1. The van der Waals surface area contributed by atoms with Crippen LogP contribution >= 0.6 is 23.6 Å². The molecule has 1 aromatic rings. The van der Waals surface area contributed by atoms with Gasteiger partial charge in [-0.3, -0.25) is 4.79 Å². The Balaban J connectivity index is 2.34. The standard InChI is InChI=1S/C9H9N3OS2/c1-5-2-3-15-7(5)4-6-8(13)12(10)9(14)11-6/h2-4H,10H2,1H3,(H,11,14). The first-order valence-electron chi connectivity index (χ1n) is 4.25. The first-order valence-corrected chi connectivity index (χ1v) is 5.54. The van der Waals surface area contributed by atoms with Crippen LogP contribution in [-0.4, -0.2) is 16.0 Å². The number of carbonyl (C=O) groups excluding carboxylic acids is 1. The fourth-order valence-electron chi connectivity index (χ4n) is 1.21. The van der Waals surface area contributed by atoms with Gasteiger partial charge in [0.05, 0.1) is 0 Å². The number of carbonyl (C=O) groups is 1. The molecule has 4 nitrogen and oxygen atoms in total. The van der Waals surface area contributed by atoms with Crippen molar-refractivity contribution in [1.29, 1.82) is 0 Å². The van der Waals surface area contributed by atoms with E-state index in [4.69, 9.17) is 18.1 Å². The minimum absolute atomic E-state index is 0.237.